The molecule has 2 unspecified atom stereocenters. The van der Waals surface area contributed by atoms with Crippen molar-refractivity contribution in [1.82, 2.24) is 4.90 Å². The van der Waals surface area contributed by atoms with E-state index in [1.807, 2.05) is 0 Å². The third-order valence-electron chi connectivity index (χ3n) is 2.46. The molecular formula is C7H17Cl2NO. The van der Waals surface area contributed by atoms with E-state index in [2.05, 4.69) is 18.9 Å². The molecule has 2 nitrogen and oxygen atoms in total. The first kappa shape index (κ1) is 14.0. The van der Waals surface area contributed by atoms with Gasteiger partial charge in [0.2, 0.25) is 0 Å². The lowest BCUT2D eigenvalue weighted by molar-refractivity contribution is 0.191. The van der Waals surface area contributed by atoms with Crippen LogP contribution in [0.5, 0.6) is 0 Å². The van der Waals surface area contributed by atoms with E-state index in [0.717, 1.165) is 13.0 Å². The molecule has 0 aliphatic carbocycles. The lowest BCUT2D eigenvalue weighted by Crippen LogP contribution is -2.27. The normalized spacial score (nSPS) is 30.8. The average molecular weight is 202 g/mol. The summed E-state index contributed by atoms with van der Waals surface area (Å²) in [4.78, 5) is 2.29. The summed E-state index contributed by atoms with van der Waals surface area (Å²) < 4.78 is 0. The van der Waals surface area contributed by atoms with Gasteiger partial charge in [-0.3, -0.25) is 0 Å². The Balaban J connectivity index is 0. The van der Waals surface area contributed by atoms with E-state index >= 15 is 0 Å². The number of aliphatic hydroxyl groups excluding tert-OH is 1. The highest BCUT2D eigenvalue weighted by Crippen LogP contribution is 2.20. The molecule has 0 radical (unpaired) electrons. The maximum absolute atomic E-state index is 8.83. The molecule has 0 aromatic carbocycles. The second kappa shape index (κ2) is 6.06. The van der Waals surface area contributed by atoms with Gasteiger partial charge >= 0.3 is 0 Å². The zero-order valence-electron chi connectivity index (χ0n) is 6.99. The molecule has 70 valence electrons. The summed E-state index contributed by atoms with van der Waals surface area (Å²) in [5, 5.41) is 8.83. The van der Waals surface area contributed by atoms with Crippen molar-refractivity contribution >= 4 is 24.8 Å². The fraction of sp³-hybridized carbons (Fsp3) is 1.00. The predicted octanol–water partition coefficient (Wildman–Crippen LogP) is 1.16. The fourth-order valence-corrected chi connectivity index (χ4v) is 1.42. The summed E-state index contributed by atoms with van der Waals surface area (Å²) in [6.45, 7) is 3.67. The molecule has 1 heterocycles. The second-order valence-electron chi connectivity index (χ2n) is 2.95. The molecule has 4 heteroatoms. The number of hydrogen-bond acceptors (Lipinski definition) is 2. The molecule has 1 aliphatic rings. The van der Waals surface area contributed by atoms with Gasteiger partial charge < -0.3 is 10.0 Å². The SMILES string of the molecule is CC1C(CO)CCN1C.Cl.Cl. The molecule has 2 atom stereocenters. The Morgan fingerprint density at radius 3 is 2.18 bits per heavy atom. The second-order valence-corrected chi connectivity index (χ2v) is 2.95. The van der Waals surface area contributed by atoms with E-state index in [0.29, 0.717) is 18.6 Å². The van der Waals surface area contributed by atoms with Crippen molar-refractivity contribution in [2.24, 2.45) is 5.92 Å². The highest BCUT2D eigenvalue weighted by atomic mass is 35.5. The summed E-state index contributed by atoms with van der Waals surface area (Å²) in [7, 11) is 2.11. The number of likely N-dealkylation sites (tertiary alicyclic amines) is 1. The van der Waals surface area contributed by atoms with Crippen LogP contribution in [0.3, 0.4) is 0 Å². The Labute approximate surface area is 80.8 Å². The number of hydrogen-bond donors (Lipinski definition) is 1. The fourth-order valence-electron chi connectivity index (χ4n) is 1.42. The van der Waals surface area contributed by atoms with Crippen LogP contribution < -0.4 is 0 Å². The quantitative estimate of drug-likeness (QED) is 0.689. The first-order valence-electron chi connectivity index (χ1n) is 3.57. The molecule has 11 heavy (non-hydrogen) atoms. The zero-order chi connectivity index (χ0) is 6.85. The van der Waals surface area contributed by atoms with Gasteiger partial charge in [-0.15, -0.1) is 24.8 Å². The van der Waals surface area contributed by atoms with Crippen LogP contribution in [0.2, 0.25) is 0 Å². The third kappa shape index (κ3) is 3.16. The van der Waals surface area contributed by atoms with Gasteiger partial charge in [-0.2, -0.15) is 0 Å². The molecule has 1 rings (SSSR count). The number of halogens is 2. The number of nitrogens with zero attached hydrogens (tertiary/aromatic N) is 1. The van der Waals surface area contributed by atoms with Crippen LogP contribution in [0.1, 0.15) is 13.3 Å². The van der Waals surface area contributed by atoms with Crippen LogP contribution in [0, 0.1) is 5.92 Å². The molecule has 0 bridgehead atoms. The van der Waals surface area contributed by atoms with Crippen LogP contribution in [-0.4, -0.2) is 36.2 Å². The third-order valence-corrected chi connectivity index (χ3v) is 2.46. The molecule has 1 aliphatic heterocycles. The van der Waals surface area contributed by atoms with Crippen LogP contribution in [-0.2, 0) is 0 Å². The van der Waals surface area contributed by atoms with E-state index in [1.165, 1.54) is 0 Å². The average Bonchev–Trinajstić information content (AvgIpc) is 2.15. The van der Waals surface area contributed by atoms with Crippen molar-refractivity contribution in [3.63, 3.8) is 0 Å². The lowest BCUT2D eigenvalue weighted by Gasteiger charge is -2.17. The molecule has 0 aromatic rings. The van der Waals surface area contributed by atoms with E-state index in [1.54, 1.807) is 0 Å². The van der Waals surface area contributed by atoms with Gasteiger partial charge in [0.15, 0.2) is 0 Å². The van der Waals surface area contributed by atoms with E-state index in [-0.39, 0.29) is 24.8 Å². The van der Waals surface area contributed by atoms with Crippen molar-refractivity contribution in [1.29, 1.82) is 0 Å². The van der Waals surface area contributed by atoms with E-state index in [9.17, 15) is 0 Å². The summed E-state index contributed by atoms with van der Waals surface area (Å²) in [5.74, 6) is 0.523. The summed E-state index contributed by atoms with van der Waals surface area (Å²) in [5.41, 5.74) is 0. The van der Waals surface area contributed by atoms with Gasteiger partial charge in [0.05, 0.1) is 0 Å². The van der Waals surface area contributed by atoms with Gasteiger partial charge in [-0.25, -0.2) is 0 Å². The Morgan fingerprint density at radius 1 is 1.45 bits per heavy atom. The Kier molecular flexibility index (Phi) is 7.75. The molecule has 0 aromatic heterocycles. The predicted molar refractivity (Wildman–Crippen MR) is 51.8 cm³/mol. The standard InChI is InChI=1S/C7H15NO.2ClH/c1-6-7(5-9)3-4-8(6)2;;/h6-7,9H,3-5H2,1-2H3;2*1H. The smallest absolute Gasteiger partial charge is 0.0474 e. The molecule has 1 N–H and O–H groups in total. The molecular weight excluding hydrogens is 185 g/mol. The van der Waals surface area contributed by atoms with Crippen molar-refractivity contribution in [2.75, 3.05) is 20.2 Å². The van der Waals surface area contributed by atoms with Gasteiger partial charge in [0, 0.05) is 12.6 Å². The molecule has 1 fully saturated rings. The zero-order valence-corrected chi connectivity index (χ0v) is 8.62. The van der Waals surface area contributed by atoms with Crippen molar-refractivity contribution in [3.05, 3.63) is 0 Å². The summed E-state index contributed by atoms with van der Waals surface area (Å²) >= 11 is 0. The first-order chi connectivity index (χ1) is 4.25. The van der Waals surface area contributed by atoms with Crippen LogP contribution in [0.15, 0.2) is 0 Å². The van der Waals surface area contributed by atoms with Gasteiger partial charge in [-0.05, 0) is 32.9 Å². The van der Waals surface area contributed by atoms with E-state index in [4.69, 9.17) is 5.11 Å². The van der Waals surface area contributed by atoms with Gasteiger partial charge in [-0.1, -0.05) is 0 Å². The van der Waals surface area contributed by atoms with Crippen molar-refractivity contribution in [3.8, 4) is 0 Å². The molecule has 1 saturated heterocycles. The van der Waals surface area contributed by atoms with Crippen LogP contribution in [0.4, 0.5) is 0 Å². The summed E-state index contributed by atoms with van der Waals surface area (Å²) in [6.07, 6.45) is 1.16. The van der Waals surface area contributed by atoms with Crippen LogP contribution in [0.25, 0.3) is 0 Å². The Bertz CT molecular complexity index is 102. The van der Waals surface area contributed by atoms with Gasteiger partial charge in [0.1, 0.15) is 0 Å². The maximum atomic E-state index is 8.83. The molecule has 0 spiro atoms. The number of aliphatic hydroxyl groups is 1. The highest BCUT2D eigenvalue weighted by molar-refractivity contribution is 5.85. The minimum absolute atomic E-state index is 0. The van der Waals surface area contributed by atoms with Crippen molar-refractivity contribution in [2.45, 2.75) is 19.4 Å². The highest BCUT2D eigenvalue weighted by Gasteiger charge is 2.26. The van der Waals surface area contributed by atoms with Gasteiger partial charge in [0.25, 0.3) is 0 Å². The largest absolute Gasteiger partial charge is 0.396 e. The van der Waals surface area contributed by atoms with Crippen LogP contribution >= 0.6 is 24.8 Å². The Morgan fingerprint density at radius 2 is 2.00 bits per heavy atom. The monoisotopic (exact) mass is 201 g/mol. The minimum Gasteiger partial charge on any atom is -0.396 e. The minimum atomic E-state index is 0. The van der Waals surface area contributed by atoms with E-state index < -0.39 is 0 Å². The maximum Gasteiger partial charge on any atom is 0.0474 e. The topological polar surface area (TPSA) is 23.5 Å². The molecule has 0 saturated carbocycles. The lowest BCUT2D eigenvalue weighted by atomic mass is 10.0. The summed E-state index contributed by atoms with van der Waals surface area (Å²) in [6, 6.07) is 0.579. The molecule has 0 amide bonds. The number of rotatable bonds is 1. The Hall–Kier alpha value is 0.500. The first-order valence-corrected chi connectivity index (χ1v) is 3.57. The van der Waals surface area contributed by atoms with Crippen molar-refractivity contribution < 1.29 is 5.11 Å².